The van der Waals surface area contributed by atoms with Crippen molar-refractivity contribution in [2.24, 2.45) is 5.73 Å². The molecule has 0 saturated heterocycles. The first-order valence-electron chi connectivity index (χ1n) is 7.24. The fourth-order valence-corrected chi connectivity index (χ4v) is 3.04. The van der Waals surface area contributed by atoms with Crippen LogP contribution in [0.25, 0.3) is 0 Å². The summed E-state index contributed by atoms with van der Waals surface area (Å²) in [5, 5.41) is 19.0. The number of nitrogens with two attached hydrogens (primary N) is 1. The first-order chi connectivity index (χ1) is 8.90. The van der Waals surface area contributed by atoms with Crippen LogP contribution in [0.3, 0.4) is 0 Å². The number of hydrogen-bond acceptors (Lipinski definition) is 4. The zero-order valence-electron chi connectivity index (χ0n) is 13.6. The summed E-state index contributed by atoms with van der Waals surface area (Å²) in [6, 6.07) is -0.339. The van der Waals surface area contributed by atoms with E-state index in [0.717, 1.165) is 0 Å². The highest BCUT2D eigenvalue weighted by atomic mass is 28.4. The molecule has 0 aromatic rings. The van der Waals surface area contributed by atoms with Crippen LogP contribution < -0.4 is 5.73 Å². The Balaban J connectivity index is 4.86. The Morgan fingerprint density at radius 2 is 1.85 bits per heavy atom. The first kappa shape index (κ1) is 19.6. The van der Waals surface area contributed by atoms with E-state index in [9.17, 15) is 9.90 Å². The molecular weight excluding hydrogens is 274 g/mol. The normalized spacial score (nSPS) is 17.6. The predicted octanol–water partition coefficient (Wildman–Crippen LogP) is 2.34. The van der Waals surface area contributed by atoms with Crippen molar-refractivity contribution in [3.05, 3.63) is 0 Å². The summed E-state index contributed by atoms with van der Waals surface area (Å²) < 4.78 is 6.12. The van der Waals surface area contributed by atoms with Crippen molar-refractivity contribution in [1.82, 2.24) is 0 Å². The van der Waals surface area contributed by atoms with E-state index in [4.69, 9.17) is 15.3 Å². The molecule has 0 aliphatic rings. The second-order valence-electron chi connectivity index (χ2n) is 6.97. The van der Waals surface area contributed by atoms with Gasteiger partial charge in [-0.2, -0.15) is 0 Å². The lowest BCUT2D eigenvalue weighted by Crippen LogP contribution is -2.46. The van der Waals surface area contributed by atoms with Gasteiger partial charge in [0.2, 0.25) is 0 Å². The minimum absolute atomic E-state index is 0.00157. The van der Waals surface area contributed by atoms with Gasteiger partial charge in [-0.1, -0.05) is 27.7 Å². The standard InChI is InChI=1S/C14H31NO4Si/c1-7-11(15)12(16)8-10(9-13(17)18)19-20(5,6)14(2,3)4/h10-12,16H,7-9,15H2,1-6H3,(H,17,18)/t10-,11-,12-/m0/s1. The minimum atomic E-state index is -2.06. The lowest BCUT2D eigenvalue weighted by Gasteiger charge is -2.39. The van der Waals surface area contributed by atoms with Crippen LogP contribution in [0.5, 0.6) is 0 Å². The molecule has 4 N–H and O–H groups in total. The molecule has 6 heteroatoms. The zero-order valence-corrected chi connectivity index (χ0v) is 14.6. The second-order valence-corrected chi connectivity index (χ2v) is 11.7. The maximum absolute atomic E-state index is 11.0. The number of carboxylic acids is 1. The quantitative estimate of drug-likeness (QED) is 0.599. The Morgan fingerprint density at radius 3 is 2.20 bits per heavy atom. The lowest BCUT2D eigenvalue weighted by atomic mass is 10.0. The first-order valence-corrected chi connectivity index (χ1v) is 10.1. The number of rotatable bonds is 8. The lowest BCUT2D eigenvalue weighted by molar-refractivity contribution is -0.139. The van der Waals surface area contributed by atoms with Gasteiger partial charge in [0.15, 0.2) is 8.32 Å². The Morgan fingerprint density at radius 1 is 1.35 bits per heavy atom. The van der Waals surface area contributed by atoms with Gasteiger partial charge in [-0.15, -0.1) is 0 Å². The van der Waals surface area contributed by atoms with Crippen molar-refractivity contribution in [1.29, 1.82) is 0 Å². The number of aliphatic hydroxyl groups excluding tert-OH is 1. The summed E-state index contributed by atoms with van der Waals surface area (Å²) in [4.78, 5) is 11.0. The summed E-state index contributed by atoms with van der Waals surface area (Å²) in [6.07, 6.45) is -0.385. The van der Waals surface area contributed by atoms with E-state index in [1.54, 1.807) is 0 Å². The molecule has 0 spiro atoms. The van der Waals surface area contributed by atoms with Crippen molar-refractivity contribution in [3.8, 4) is 0 Å². The molecule has 3 atom stereocenters. The third-order valence-electron chi connectivity index (χ3n) is 4.14. The molecule has 0 aromatic heterocycles. The van der Waals surface area contributed by atoms with Crippen LogP contribution in [0, 0.1) is 0 Å². The summed E-state index contributed by atoms with van der Waals surface area (Å²) in [6.45, 7) is 12.4. The molecule has 0 aliphatic carbocycles. The summed E-state index contributed by atoms with van der Waals surface area (Å²) >= 11 is 0. The molecule has 0 amide bonds. The Labute approximate surface area is 123 Å². The molecular formula is C14H31NO4Si. The molecule has 0 heterocycles. The number of aliphatic carboxylic acids is 1. The fourth-order valence-electron chi connectivity index (χ4n) is 1.68. The molecule has 0 radical (unpaired) electrons. The summed E-state index contributed by atoms with van der Waals surface area (Å²) in [5.74, 6) is -0.911. The highest BCUT2D eigenvalue weighted by Crippen LogP contribution is 2.38. The third kappa shape index (κ3) is 6.34. The Bertz CT molecular complexity index is 315. The Hall–Kier alpha value is -0.433. The molecule has 0 aromatic carbocycles. The number of hydrogen-bond donors (Lipinski definition) is 3. The van der Waals surface area contributed by atoms with Gasteiger partial charge in [0.1, 0.15) is 0 Å². The highest BCUT2D eigenvalue weighted by molar-refractivity contribution is 6.74. The van der Waals surface area contributed by atoms with Gasteiger partial charge in [-0.25, -0.2) is 0 Å². The smallest absolute Gasteiger partial charge is 0.305 e. The number of carbonyl (C=O) groups is 1. The van der Waals surface area contributed by atoms with Crippen LogP contribution in [-0.2, 0) is 9.22 Å². The van der Waals surface area contributed by atoms with Crippen molar-refractivity contribution in [3.63, 3.8) is 0 Å². The highest BCUT2D eigenvalue weighted by Gasteiger charge is 2.40. The van der Waals surface area contributed by atoms with Gasteiger partial charge in [-0.3, -0.25) is 4.79 Å². The van der Waals surface area contributed by atoms with Crippen LogP contribution in [0.4, 0.5) is 0 Å². The average Bonchev–Trinajstić information content (AvgIpc) is 2.24. The predicted molar refractivity (Wildman–Crippen MR) is 83.2 cm³/mol. The van der Waals surface area contributed by atoms with Gasteiger partial charge < -0.3 is 20.4 Å². The molecule has 0 saturated carbocycles. The number of aliphatic hydroxyl groups is 1. The zero-order chi connectivity index (χ0) is 16.1. The molecule has 0 rings (SSSR count). The van der Waals surface area contributed by atoms with Gasteiger partial charge in [0.25, 0.3) is 0 Å². The van der Waals surface area contributed by atoms with Crippen LogP contribution >= 0.6 is 0 Å². The van der Waals surface area contributed by atoms with Crippen molar-refractivity contribution < 1.29 is 19.4 Å². The van der Waals surface area contributed by atoms with E-state index in [-0.39, 0.29) is 23.9 Å². The van der Waals surface area contributed by atoms with Crippen LogP contribution in [-0.4, -0.2) is 42.7 Å². The molecule has 0 aliphatic heterocycles. The average molecular weight is 305 g/mol. The second kappa shape index (κ2) is 7.54. The summed E-state index contributed by atoms with van der Waals surface area (Å²) in [5.41, 5.74) is 5.80. The van der Waals surface area contributed by atoms with E-state index in [1.807, 2.05) is 6.92 Å². The molecule has 20 heavy (non-hydrogen) atoms. The molecule has 5 nitrogen and oxygen atoms in total. The van der Waals surface area contributed by atoms with E-state index >= 15 is 0 Å². The van der Waals surface area contributed by atoms with Crippen molar-refractivity contribution in [2.75, 3.05) is 0 Å². The van der Waals surface area contributed by atoms with Gasteiger partial charge in [0, 0.05) is 12.5 Å². The molecule has 0 bridgehead atoms. The maximum Gasteiger partial charge on any atom is 0.305 e. The van der Waals surface area contributed by atoms with E-state index in [1.165, 1.54) is 0 Å². The summed E-state index contributed by atoms with van der Waals surface area (Å²) in [7, 11) is -2.06. The van der Waals surface area contributed by atoms with Crippen molar-refractivity contribution >= 4 is 14.3 Å². The van der Waals surface area contributed by atoms with E-state index in [2.05, 4.69) is 33.9 Å². The van der Waals surface area contributed by atoms with Crippen LogP contribution in [0.1, 0.15) is 47.0 Å². The van der Waals surface area contributed by atoms with Gasteiger partial charge >= 0.3 is 5.97 Å². The molecule has 0 fully saturated rings. The maximum atomic E-state index is 11.0. The topological polar surface area (TPSA) is 92.8 Å². The van der Waals surface area contributed by atoms with Crippen molar-refractivity contribution in [2.45, 2.75) is 83.3 Å². The third-order valence-corrected chi connectivity index (χ3v) is 8.67. The molecule has 120 valence electrons. The van der Waals surface area contributed by atoms with E-state index < -0.39 is 26.5 Å². The number of carboxylic acid groups (broad SMARTS) is 1. The SMILES string of the molecule is CC[C@H](N)[C@@H](O)C[C@@H](CC(=O)O)O[Si](C)(C)C(C)(C)C. The molecule has 0 unspecified atom stereocenters. The largest absolute Gasteiger partial charge is 0.481 e. The Kier molecular flexibility index (Phi) is 7.38. The monoisotopic (exact) mass is 305 g/mol. The fraction of sp³-hybridized carbons (Fsp3) is 0.929. The van der Waals surface area contributed by atoms with Crippen LogP contribution in [0.2, 0.25) is 18.1 Å². The van der Waals surface area contributed by atoms with Crippen LogP contribution in [0.15, 0.2) is 0 Å². The van der Waals surface area contributed by atoms with Gasteiger partial charge in [-0.05, 0) is 24.6 Å². The minimum Gasteiger partial charge on any atom is -0.481 e. The van der Waals surface area contributed by atoms with Gasteiger partial charge in [0.05, 0.1) is 18.6 Å². The van der Waals surface area contributed by atoms with E-state index in [0.29, 0.717) is 6.42 Å².